The van der Waals surface area contributed by atoms with Gasteiger partial charge in [-0.05, 0) is 72.9 Å². The van der Waals surface area contributed by atoms with Gasteiger partial charge in [-0.3, -0.25) is 13.9 Å². The molecule has 0 aromatic heterocycles. The topological polar surface area (TPSA) is 86.8 Å². The lowest BCUT2D eigenvalue weighted by Crippen LogP contribution is -2.54. The van der Waals surface area contributed by atoms with E-state index in [9.17, 15) is 18.0 Å². The molecule has 0 aliphatic heterocycles. The van der Waals surface area contributed by atoms with Crippen molar-refractivity contribution in [1.29, 1.82) is 0 Å². The molecular weight excluding hydrogens is 641 g/mol. The van der Waals surface area contributed by atoms with Gasteiger partial charge in [-0.1, -0.05) is 103 Å². The van der Waals surface area contributed by atoms with Crippen molar-refractivity contribution < 1.29 is 18.0 Å². The van der Waals surface area contributed by atoms with Crippen molar-refractivity contribution in [3.05, 3.63) is 130 Å². The van der Waals surface area contributed by atoms with E-state index in [2.05, 4.69) is 5.32 Å². The number of carbonyl (C=O) groups is 2. The van der Waals surface area contributed by atoms with Crippen molar-refractivity contribution in [3.8, 4) is 0 Å². The summed E-state index contributed by atoms with van der Waals surface area (Å²) in [6.07, 6.45) is 4.06. The number of rotatable bonds is 12. The largest absolute Gasteiger partial charge is 0.352 e. The van der Waals surface area contributed by atoms with E-state index >= 15 is 0 Å². The summed E-state index contributed by atoms with van der Waals surface area (Å²) < 4.78 is 29.5. The van der Waals surface area contributed by atoms with Gasteiger partial charge in [0.25, 0.3) is 10.0 Å². The van der Waals surface area contributed by atoms with Gasteiger partial charge in [-0.25, -0.2) is 8.42 Å². The number of nitrogens with one attached hydrogen (secondary N) is 1. The Morgan fingerprint density at radius 1 is 0.848 bits per heavy atom. The number of carbonyl (C=O) groups excluding carboxylic acids is 2. The molecular formula is C36H37Cl2N3O4S. The normalized spacial score (nSPS) is 14.1. The molecule has 1 aliphatic rings. The zero-order valence-corrected chi connectivity index (χ0v) is 27.9. The van der Waals surface area contributed by atoms with Crippen LogP contribution in [0.25, 0.3) is 0 Å². The Labute approximate surface area is 281 Å². The van der Waals surface area contributed by atoms with E-state index in [-0.39, 0.29) is 35.5 Å². The maximum absolute atomic E-state index is 14.6. The predicted octanol–water partition coefficient (Wildman–Crippen LogP) is 7.20. The van der Waals surface area contributed by atoms with Crippen LogP contribution >= 0.6 is 23.2 Å². The fourth-order valence-corrected chi connectivity index (χ4v) is 7.73. The summed E-state index contributed by atoms with van der Waals surface area (Å²) in [6, 6.07) is 28.6. The highest BCUT2D eigenvalue weighted by atomic mass is 35.5. The Morgan fingerprint density at radius 2 is 1.48 bits per heavy atom. The lowest BCUT2D eigenvalue weighted by atomic mass is 10.0. The Balaban J connectivity index is 1.59. The van der Waals surface area contributed by atoms with Gasteiger partial charge in [-0.2, -0.15) is 0 Å². The van der Waals surface area contributed by atoms with E-state index in [4.69, 9.17) is 23.2 Å². The van der Waals surface area contributed by atoms with Crippen LogP contribution in [0.15, 0.2) is 108 Å². The van der Waals surface area contributed by atoms with Crippen molar-refractivity contribution in [1.82, 2.24) is 10.2 Å². The van der Waals surface area contributed by atoms with Crippen molar-refractivity contribution in [2.24, 2.45) is 0 Å². The van der Waals surface area contributed by atoms with Crippen LogP contribution in [0.4, 0.5) is 5.69 Å². The second-order valence-corrected chi connectivity index (χ2v) is 14.3. The number of amides is 2. The van der Waals surface area contributed by atoms with Crippen molar-refractivity contribution in [2.45, 2.75) is 62.6 Å². The molecule has 0 bridgehead atoms. The molecule has 4 aromatic rings. The molecule has 1 saturated carbocycles. The van der Waals surface area contributed by atoms with Crippen LogP contribution in [0.1, 0.15) is 42.4 Å². The summed E-state index contributed by atoms with van der Waals surface area (Å²) in [4.78, 5) is 30.3. The standard InChI is InChI=1S/C36H37Cl2N3O4S/c1-26-32(38)20-11-21-33(26)41(46(44,45)31-18-6-3-7-19-31)25-35(42)40(24-28-14-10-15-29(37)22-28)34(23-27-12-4-2-5-13-27)36(43)39-30-16-8-9-17-30/h2-7,10-15,18-22,30,34H,8-9,16-17,23-25H2,1H3,(H,39,43)/t34-/m0/s1. The lowest BCUT2D eigenvalue weighted by Gasteiger charge is -2.34. The molecule has 0 radical (unpaired) electrons. The number of benzene rings is 4. The number of hydrogen-bond acceptors (Lipinski definition) is 4. The van der Waals surface area contributed by atoms with Gasteiger partial charge in [-0.15, -0.1) is 0 Å². The maximum atomic E-state index is 14.6. The minimum Gasteiger partial charge on any atom is -0.352 e. The Kier molecular flexibility index (Phi) is 11.0. The third kappa shape index (κ3) is 8.10. The highest BCUT2D eigenvalue weighted by Crippen LogP contribution is 2.31. The van der Waals surface area contributed by atoms with E-state index < -0.39 is 28.5 Å². The molecule has 0 saturated heterocycles. The van der Waals surface area contributed by atoms with E-state index in [0.29, 0.717) is 21.2 Å². The quantitative estimate of drug-likeness (QED) is 0.172. The molecule has 46 heavy (non-hydrogen) atoms. The summed E-state index contributed by atoms with van der Waals surface area (Å²) in [6.45, 7) is 1.20. The van der Waals surface area contributed by atoms with Crippen LogP contribution in [0, 0.1) is 6.92 Å². The number of sulfonamides is 1. The first-order chi connectivity index (χ1) is 22.1. The number of anilines is 1. The van der Waals surface area contributed by atoms with Gasteiger partial charge in [0.1, 0.15) is 12.6 Å². The molecule has 240 valence electrons. The lowest BCUT2D eigenvalue weighted by molar-refractivity contribution is -0.140. The molecule has 1 fully saturated rings. The first kappa shape index (κ1) is 33.5. The van der Waals surface area contributed by atoms with Crippen LogP contribution in [0.2, 0.25) is 10.0 Å². The molecule has 2 amide bonds. The van der Waals surface area contributed by atoms with Gasteiger partial charge >= 0.3 is 0 Å². The van der Waals surface area contributed by atoms with Crippen molar-refractivity contribution in [3.63, 3.8) is 0 Å². The fraction of sp³-hybridized carbons (Fsp3) is 0.278. The predicted molar refractivity (Wildman–Crippen MR) is 183 cm³/mol. The van der Waals surface area contributed by atoms with E-state index in [1.807, 2.05) is 36.4 Å². The number of nitrogens with zero attached hydrogens (tertiary/aromatic N) is 2. The summed E-state index contributed by atoms with van der Waals surface area (Å²) in [5.74, 6) is -0.816. The first-order valence-corrected chi connectivity index (χ1v) is 17.5. The molecule has 0 unspecified atom stereocenters. The molecule has 10 heteroatoms. The molecule has 1 atom stereocenters. The smallest absolute Gasteiger partial charge is 0.264 e. The molecule has 4 aromatic carbocycles. The van der Waals surface area contributed by atoms with Gasteiger partial charge in [0.05, 0.1) is 10.6 Å². The Morgan fingerprint density at radius 3 is 2.15 bits per heavy atom. The van der Waals surface area contributed by atoms with Crippen molar-refractivity contribution >= 4 is 50.7 Å². The maximum Gasteiger partial charge on any atom is 0.264 e. The summed E-state index contributed by atoms with van der Waals surface area (Å²) in [5.41, 5.74) is 2.38. The summed E-state index contributed by atoms with van der Waals surface area (Å²) in [5, 5.41) is 4.04. The zero-order chi connectivity index (χ0) is 32.7. The van der Waals surface area contributed by atoms with Gasteiger partial charge < -0.3 is 10.2 Å². The van der Waals surface area contributed by atoms with Gasteiger partial charge in [0.2, 0.25) is 11.8 Å². The molecule has 7 nitrogen and oxygen atoms in total. The first-order valence-electron chi connectivity index (χ1n) is 15.3. The highest BCUT2D eigenvalue weighted by molar-refractivity contribution is 7.92. The van der Waals surface area contributed by atoms with Crippen LogP contribution in [0.5, 0.6) is 0 Å². The molecule has 0 heterocycles. The molecule has 5 rings (SSSR count). The van der Waals surface area contributed by atoms with E-state index in [1.54, 1.807) is 61.5 Å². The highest BCUT2D eigenvalue weighted by Gasteiger charge is 2.36. The second-order valence-electron chi connectivity index (χ2n) is 11.6. The molecule has 1 N–H and O–H groups in total. The number of hydrogen-bond donors (Lipinski definition) is 1. The third-order valence-corrected chi connectivity index (χ3v) is 10.8. The summed E-state index contributed by atoms with van der Waals surface area (Å²) in [7, 11) is -4.22. The van der Waals surface area contributed by atoms with E-state index in [0.717, 1.165) is 35.6 Å². The Hall–Kier alpha value is -3.85. The monoisotopic (exact) mass is 677 g/mol. The van der Waals surface area contributed by atoms with Crippen LogP contribution in [-0.2, 0) is 32.6 Å². The van der Waals surface area contributed by atoms with Gasteiger partial charge in [0.15, 0.2) is 0 Å². The second kappa shape index (κ2) is 15.2. The van der Waals surface area contributed by atoms with Crippen LogP contribution in [0.3, 0.4) is 0 Å². The minimum atomic E-state index is -4.22. The molecule has 1 aliphatic carbocycles. The zero-order valence-electron chi connectivity index (χ0n) is 25.6. The van der Waals surface area contributed by atoms with Crippen molar-refractivity contribution in [2.75, 3.05) is 10.8 Å². The fourth-order valence-electron chi connectivity index (χ4n) is 5.85. The minimum absolute atomic E-state index is 0.0259. The molecule has 0 spiro atoms. The SMILES string of the molecule is Cc1c(Cl)cccc1N(CC(=O)N(Cc1cccc(Cl)c1)[C@@H](Cc1ccccc1)C(=O)NC1CCCC1)S(=O)(=O)c1ccccc1. The number of halogens is 2. The Bertz CT molecular complexity index is 1760. The van der Waals surface area contributed by atoms with E-state index in [1.165, 1.54) is 17.0 Å². The average Bonchev–Trinajstić information content (AvgIpc) is 3.57. The summed E-state index contributed by atoms with van der Waals surface area (Å²) >= 11 is 12.8. The van der Waals surface area contributed by atoms with Crippen LogP contribution < -0.4 is 9.62 Å². The van der Waals surface area contributed by atoms with Crippen LogP contribution in [-0.4, -0.2) is 43.8 Å². The third-order valence-electron chi connectivity index (χ3n) is 8.33. The van der Waals surface area contributed by atoms with Gasteiger partial charge in [0, 0.05) is 29.1 Å². The average molecular weight is 679 g/mol.